The van der Waals surface area contributed by atoms with Gasteiger partial charge in [0.25, 0.3) is 0 Å². The van der Waals surface area contributed by atoms with Crippen LogP contribution in [0.25, 0.3) is 219 Å². The predicted molar refractivity (Wildman–Crippen MR) is 588 cm³/mol. The third-order valence-corrected chi connectivity index (χ3v) is 28.2. The van der Waals surface area contributed by atoms with Gasteiger partial charge in [0.05, 0.1) is 67.8 Å². The molecule has 0 fully saturated rings. The van der Waals surface area contributed by atoms with Gasteiger partial charge in [0.1, 0.15) is 11.5 Å². The van der Waals surface area contributed by atoms with Crippen LogP contribution in [0.3, 0.4) is 0 Å². The molecule has 0 amide bonds. The average Bonchev–Trinajstić information content (AvgIpc) is 1.55. The van der Waals surface area contributed by atoms with Crippen molar-refractivity contribution >= 4 is 61.5 Å². The minimum absolute atomic E-state index is 0.623. The van der Waals surface area contributed by atoms with E-state index in [4.69, 9.17) is 39.6 Å². The Morgan fingerprint density at radius 3 is 0.924 bits per heavy atom. The molecule has 3 aliphatic heterocycles. The number of nitrogens with zero attached hydrogens (tertiary/aromatic N) is 11. The monoisotopic (exact) mass is 1860 g/mol. The van der Waals surface area contributed by atoms with E-state index in [0.29, 0.717) is 29.1 Å². The lowest BCUT2D eigenvalue weighted by atomic mass is 9.98. The van der Waals surface area contributed by atoms with E-state index < -0.39 is 0 Å². The number of ether oxygens (including phenoxy) is 1. The van der Waals surface area contributed by atoms with Crippen molar-refractivity contribution in [2.24, 2.45) is 0 Å². The number of para-hydroxylation sites is 8. The topological polar surface area (TPSA) is 117 Å². The van der Waals surface area contributed by atoms with Crippen LogP contribution in [0.1, 0.15) is 0 Å². The summed E-state index contributed by atoms with van der Waals surface area (Å²) in [7, 11) is 0. The highest BCUT2D eigenvalue weighted by Gasteiger charge is 2.35. The van der Waals surface area contributed by atoms with Crippen molar-refractivity contribution < 1.29 is 4.74 Å². The second kappa shape index (κ2) is 37.0. The van der Waals surface area contributed by atoms with E-state index in [9.17, 15) is 0 Å². The van der Waals surface area contributed by atoms with Gasteiger partial charge in [-0.15, -0.1) is 0 Å². The highest BCUT2D eigenvalue weighted by molar-refractivity contribution is 7.99. The number of aromatic nitrogens is 10. The fourth-order valence-corrected chi connectivity index (χ4v) is 21.7. The number of fused-ring (bicyclic) bond motifs is 21. The van der Waals surface area contributed by atoms with Gasteiger partial charge >= 0.3 is 0 Å². The second-order valence-electron chi connectivity index (χ2n) is 35.7. The maximum absolute atomic E-state index is 6.56. The van der Waals surface area contributed by atoms with Crippen LogP contribution < -0.4 is 9.64 Å². The van der Waals surface area contributed by atoms with Gasteiger partial charge in [0.2, 0.25) is 0 Å². The number of rotatable bonds is 13. The molecule has 0 aliphatic carbocycles. The summed E-state index contributed by atoms with van der Waals surface area (Å²) in [5, 5.41) is 3.61. The molecule has 0 unspecified atom stereocenters. The summed E-state index contributed by atoms with van der Waals surface area (Å²) < 4.78 is 13.8. The van der Waals surface area contributed by atoms with Crippen molar-refractivity contribution in [3.05, 3.63) is 516 Å². The van der Waals surface area contributed by atoms with Gasteiger partial charge in [-0.1, -0.05) is 406 Å². The van der Waals surface area contributed by atoms with E-state index in [-0.39, 0.29) is 0 Å². The molecule has 0 bridgehead atoms. The highest BCUT2D eigenvalue weighted by atomic mass is 32.2. The third-order valence-electron chi connectivity index (χ3n) is 27.0. The van der Waals surface area contributed by atoms with E-state index in [1.165, 1.54) is 70.5 Å². The summed E-state index contributed by atoms with van der Waals surface area (Å²) in [5.41, 5.74) is 36.5. The lowest BCUT2D eigenvalue weighted by Gasteiger charge is -2.27. The van der Waals surface area contributed by atoms with E-state index >= 15 is 0 Å². The number of benzene rings is 19. The summed E-state index contributed by atoms with van der Waals surface area (Å²) in [4.78, 5) is 40.2. The van der Waals surface area contributed by atoms with Crippen LogP contribution in [0, 0.1) is 0 Å². The largest absolute Gasteiger partial charge is 0.456 e. The molecular weight excluding hydrogens is 1780 g/mol. The summed E-state index contributed by atoms with van der Waals surface area (Å²) in [6.45, 7) is 0. The van der Waals surface area contributed by atoms with Crippen LogP contribution in [0.5, 0.6) is 11.5 Å². The molecule has 0 saturated carbocycles. The first kappa shape index (κ1) is 85.3. The van der Waals surface area contributed by atoms with Crippen LogP contribution in [0.4, 0.5) is 17.1 Å². The van der Waals surface area contributed by atoms with Gasteiger partial charge in [-0.05, 0) is 127 Å². The van der Waals surface area contributed by atoms with E-state index in [2.05, 4.69) is 401 Å². The Labute approximate surface area is 836 Å². The zero-order valence-corrected chi connectivity index (χ0v) is 78.6. The van der Waals surface area contributed by atoms with Gasteiger partial charge < -0.3 is 23.3 Å². The van der Waals surface area contributed by atoms with Gasteiger partial charge in [-0.2, -0.15) is 0 Å². The van der Waals surface area contributed by atoms with Crippen LogP contribution in [-0.2, 0) is 0 Å². The van der Waals surface area contributed by atoms with Crippen molar-refractivity contribution in [1.29, 1.82) is 0 Å². The Balaban J connectivity index is 0.000000110. The molecule has 28 rings (SSSR count). The molecular formula is C131H85N11OS. The minimum Gasteiger partial charge on any atom is -0.456 e. The first-order chi connectivity index (χ1) is 71.4. The Morgan fingerprint density at radius 1 is 0.181 bits per heavy atom. The first-order valence-electron chi connectivity index (χ1n) is 48.3. The molecule has 0 saturated heterocycles. The predicted octanol–water partition coefficient (Wildman–Crippen LogP) is 34.0. The number of hydrogen-bond acceptors (Lipinski definition) is 10. The normalized spacial score (nSPS) is 11.8. The molecule has 0 radical (unpaired) electrons. The molecule has 25 aromatic rings. The Kier molecular flexibility index (Phi) is 21.9. The van der Waals surface area contributed by atoms with Crippen LogP contribution in [0.15, 0.2) is 525 Å². The Hall–Kier alpha value is -19.1. The smallest absolute Gasteiger partial charge is 0.164 e. The lowest BCUT2D eigenvalue weighted by Crippen LogP contribution is -2.11. The fraction of sp³-hybridized carbons (Fsp3) is 0. The molecule has 9 heterocycles. The molecule has 0 spiro atoms. The number of anilines is 3. The van der Waals surface area contributed by atoms with Gasteiger partial charge in [0, 0.05) is 143 Å². The SMILES string of the molecule is c1ccc(-c2cc(-c3cccc(-n4c5c(c6ccccc64)-c4ccccc4Oc4ccccc4-5)c3)nc(-c3ccccc3)n2)cc1.c1ccc(-c2cc(-c3cccc(-n4c5c(c6ccccc64)-c4ccccc4Sc4ccccc4-5)c3)nc(-c3ccccc3)n2)cc1.c1ccc(-c2nc(-c3ccccc3)nc(-c3cccc(-n4c5c(c6ccccc64)-c4ccccc4N(c4ccccc4)c4ccccc4-5)c3)n2)cc1. The standard InChI is InChI=1S/C47H31N5.C42H27N3O.C42H27N3S/c1-4-17-32(18-5-1)45-48-46(33-19-6-2-7-20-33)50-47(49-45)34-21-16-24-36(31-34)52-41-29-14-11-26-38(41)43-37-25-10-13-28-40(37)51(35-22-8-3-9-23-35)42-30-15-12-27-39(42)44(43)52;2*1-3-14-28(15-4-1)35-27-36(44-42(43-35)29-16-5-2-6-17-29)30-18-13-19-31(26-30)45-37-23-10-7-20-32(37)40-33-21-8-11-24-38(33)46-39-25-12-9-22-34(39)41(40)45/h1-31H;2*1-27H. The van der Waals surface area contributed by atoms with Gasteiger partial charge in [0.15, 0.2) is 29.1 Å². The van der Waals surface area contributed by atoms with E-state index in [0.717, 1.165) is 158 Å². The first-order valence-corrected chi connectivity index (χ1v) is 49.1. The highest BCUT2D eigenvalue weighted by Crippen LogP contribution is 2.58. The zero-order valence-electron chi connectivity index (χ0n) is 77.8. The quantitative estimate of drug-likeness (QED) is 0.110. The fourth-order valence-electron chi connectivity index (χ4n) is 20.6. The summed E-state index contributed by atoms with van der Waals surface area (Å²) in [6, 6.07) is 180. The molecule has 0 atom stereocenters. The lowest BCUT2D eigenvalue weighted by molar-refractivity contribution is 0.487. The van der Waals surface area contributed by atoms with Crippen molar-refractivity contribution in [3.63, 3.8) is 0 Å². The third kappa shape index (κ3) is 15.6. The van der Waals surface area contributed by atoms with Crippen molar-refractivity contribution in [1.82, 2.24) is 48.6 Å². The molecule has 12 nitrogen and oxygen atoms in total. The van der Waals surface area contributed by atoms with Crippen LogP contribution in [0.2, 0.25) is 0 Å². The summed E-state index contributed by atoms with van der Waals surface area (Å²) in [6.07, 6.45) is 0. The average molecular weight is 1860 g/mol. The maximum atomic E-state index is 6.56. The summed E-state index contributed by atoms with van der Waals surface area (Å²) in [5.74, 6) is 5.01. The minimum atomic E-state index is 0.623. The molecule has 3 aliphatic rings. The molecule has 6 aromatic heterocycles. The zero-order chi connectivity index (χ0) is 95.3. The molecule has 144 heavy (non-hydrogen) atoms. The van der Waals surface area contributed by atoms with E-state index in [1.54, 1.807) is 0 Å². The van der Waals surface area contributed by atoms with Gasteiger partial charge in [-0.25, -0.2) is 34.9 Å². The Morgan fingerprint density at radius 2 is 0.458 bits per heavy atom. The van der Waals surface area contributed by atoms with Crippen LogP contribution in [-0.4, -0.2) is 48.6 Å². The van der Waals surface area contributed by atoms with E-state index in [1.807, 2.05) is 145 Å². The van der Waals surface area contributed by atoms with Crippen molar-refractivity contribution in [2.45, 2.75) is 9.79 Å². The Bertz CT molecular complexity index is 8700. The number of hydrogen-bond donors (Lipinski definition) is 0. The van der Waals surface area contributed by atoms with Crippen molar-refractivity contribution in [3.8, 4) is 198 Å². The van der Waals surface area contributed by atoms with Gasteiger partial charge in [-0.3, -0.25) is 0 Å². The molecule has 19 aromatic carbocycles. The second-order valence-corrected chi connectivity index (χ2v) is 36.8. The van der Waals surface area contributed by atoms with Crippen molar-refractivity contribution in [2.75, 3.05) is 4.90 Å². The molecule has 676 valence electrons. The van der Waals surface area contributed by atoms with Crippen LogP contribution >= 0.6 is 11.8 Å². The summed E-state index contributed by atoms with van der Waals surface area (Å²) >= 11 is 1.85. The molecule has 0 N–H and O–H groups in total. The maximum Gasteiger partial charge on any atom is 0.164 e. The molecule has 13 heteroatoms.